The van der Waals surface area contributed by atoms with E-state index in [4.69, 9.17) is 0 Å². The molecule has 0 heterocycles. The van der Waals surface area contributed by atoms with Crippen LogP contribution in [0.4, 0.5) is 0 Å². The van der Waals surface area contributed by atoms with E-state index in [2.05, 4.69) is 17.6 Å². The van der Waals surface area contributed by atoms with E-state index in [1.165, 1.54) is 77.0 Å². The van der Waals surface area contributed by atoms with E-state index in [0.29, 0.717) is 0 Å². The Morgan fingerprint density at radius 1 is 0.750 bits per heavy atom. The second kappa shape index (κ2) is 9.78. The number of hydrogen-bond donors (Lipinski definition) is 2. The van der Waals surface area contributed by atoms with Crippen LogP contribution in [-0.2, 0) is 0 Å². The Kier molecular flexibility index (Phi) is 7.97. The van der Waals surface area contributed by atoms with Crippen LogP contribution in [0.25, 0.3) is 0 Å². The Morgan fingerprint density at radius 3 is 2.00 bits per heavy atom. The second-order valence-electron chi connectivity index (χ2n) is 7.14. The Morgan fingerprint density at radius 2 is 1.30 bits per heavy atom. The monoisotopic (exact) mass is 280 g/mol. The van der Waals surface area contributed by atoms with Crippen LogP contribution in [0.15, 0.2) is 0 Å². The molecule has 0 aromatic heterocycles. The third-order valence-electron chi connectivity index (χ3n) is 5.49. The van der Waals surface area contributed by atoms with Crippen LogP contribution in [0.2, 0.25) is 0 Å². The molecule has 0 aliphatic heterocycles. The van der Waals surface area contributed by atoms with E-state index >= 15 is 0 Å². The van der Waals surface area contributed by atoms with E-state index in [-0.39, 0.29) is 0 Å². The molecule has 2 aliphatic rings. The summed E-state index contributed by atoms with van der Waals surface area (Å²) in [5, 5.41) is 7.54. The molecule has 0 bridgehead atoms. The molecular weight excluding hydrogens is 244 g/mol. The summed E-state index contributed by atoms with van der Waals surface area (Å²) in [7, 11) is 0. The van der Waals surface area contributed by atoms with Crippen molar-refractivity contribution in [3.05, 3.63) is 0 Å². The summed E-state index contributed by atoms with van der Waals surface area (Å²) in [6, 6.07) is 1.51. The lowest BCUT2D eigenvalue weighted by Crippen LogP contribution is -2.41. The molecule has 0 unspecified atom stereocenters. The second-order valence-corrected chi connectivity index (χ2v) is 7.14. The zero-order valence-corrected chi connectivity index (χ0v) is 13.6. The third-order valence-corrected chi connectivity index (χ3v) is 5.49. The summed E-state index contributed by atoms with van der Waals surface area (Å²) in [4.78, 5) is 0. The predicted molar refractivity (Wildman–Crippen MR) is 88.1 cm³/mol. The molecule has 0 radical (unpaired) electrons. The quantitative estimate of drug-likeness (QED) is 0.711. The van der Waals surface area contributed by atoms with Crippen molar-refractivity contribution in [2.45, 2.75) is 96.1 Å². The van der Waals surface area contributed by atoms with Gasteiger partial charge in [0.25, 0.3) is 0 Å². The van der Waals surface area contributed by atoms with Gasteiger partial charge in [-0.2, -0.15) is 0 Å². The highest BCUT2D eigenvalue weighted by atomic mass is 15.0. The topological polar surface area (TPSA) is 24.1 Å². The SMILES string of the molecule is C[C@@H](NCCNC1CCCCCCC1)C1CCCCC1. The Labute approximate surface area is 126 Å². The van der Waals surface area contributed by atoms with Gasteiger partial charge in [0.1, 0.15) is 0 Å². The summed E-state index contributed by atoms with van der Waals surface area (Å²) < 4.78 is 0. The van der Waals surface area contributed by atoms with Crippen LogP contribution in [0.5, 0.6) is 0 Å². The molecule has 2 fully saturated rings. The van der Waals surface area contributed by atoms with Crippen molar-refractivity contribution in [3.8, 4) is 0 Å². The van der Waals surface area contributed by atoms with E-state index in [0.717, 1.165) is 31.1 Å². The van der Waals surface area contributed by atoms with E-state index in [1.54, 1.807) is 0 Å². The summed E-state index contributed by atoms with van der Waals surface area (Å²) in [5.74, 6) is 0.935. The van der Waals surface area contributed by atoms with E-state index in [1.807, 2.05) is 0 Å². The Hall–Kier alpha value is -0.0800. The van der Waals surface area contributed by atoms with Crippen LogP contribution < -0.4 is 10.6 Å². The fourth-order valence-electron chi connectivity index (χ4n) is 4.04. The van der Waals surface area contributed by atoms with Crippen LogP contribution >= 0.6 is 0 Å². The average molecular weight is 280 g/mol. The van der Waals surface area contributed by atoms with Gasteiger partial charge >= 0.3 is 0 Å². The van der Waals surface area contributed by atoms with Crippen molar-refractivity contribution in [2.24, 2.45) is 5.92 Å². The standard InChI is InChI=1S/C18H36N2/c1-16(17-10-6-5-7-11-17)19-14-15-20-18-12-8-3-2-4-9-13-18/h16-20H,2-15H2,1H3/t16-/m1/s1. The molecule has 20 heavy (non-hydrogen) atoms. The predicted octanol–water partition coefficient (Wildman–Crippen LogP) is 4.25. The highest BCUT2D eigenvalue weighted by Crippen LogP contribution is 2.26. The summed E-state index contributed by atoms with van der Waals surface area (Å²) in [5.41, 5.74) is 0. The van der Waals surface area contributed by atoms with Gasteiger partial charge in [0.05, 0.1) is 0 Å². The maximum atomic E-state index is 3.79. The third kappa shape index (κ3) is 6.13. The molecule has 2 saturated carbocycles. The molecule has 0 aromatic carbocycles. The van der Waals surface area contributed by atoms with Gasteiger partial charge in [-0.1, -0.05) is 51.4 Å². The minimum absolute atomic E-state index is 0.717. The molecule has 2 nitrogen and oxygen atoms in total. The first-order valence-corrected chi connectivity index (χ1v) is 9.33. The number of hydrogen-bond acceptors (Lipinski definition) is 2. The zero-order valence-electron chi connectivity index (χ0n) is 13.6. The molecule has 2 N–H and O–H groups in total. The Balaban J connectivity index is 1.53. The largest absolute Gasteiger partial charge is 0.313 e. The normalized spacial score (nSPS) is 25.1. The highest BCUT2D eigenvalue weighted by molar-refractivity contribution is 4.77. The summed E-state index contributed by atoms with van der Waals surface area (Å²) >= 11 is 0. The molecular formula is C18H36N2. The molecule has 0 aromatic rings. The molecule has 118 valence electrons. The van der Waals surface area contributed by atoms with Crippen LogP contribution in [0, 0.1) is 5.92 Å². The summed E-state index contributed by atoms with van der Waals surface area (Å²) in [6.45, 7) is 4.70. The van der Waals surface area contributed by atoms with Gasteiger partial charge in [-0.25, -0.2) is 0 Å². The molecule has 2 heteroatoms. The van der Waals surface area contributed by atoms with Gasteiger partial charge in [-0.3, -0.25) is 0 Å². The first-order chi connectivity index (χ1) is 9.86. The minimum atomic E-state index is 0.717. The van der Waals surface area contributed by atoms with Crippen molar-refractivity contribution in [1.82, 2.24) is 10.6 Å². The van der Waals surface area contributed by atoms with E-state index < -0.39 is 0 Å². The highest BCUT2D eigenvalue weighted by Gasteiger charge is 2.19. The molecule has 0 spiro atoms. The van der Waals surface area contributed by atoms with Crippen LogP contribution in [0.3, 0.4) is 0 Å². The van der Waals surface area contributed by atoms with Crippen molar-refractivity contribution in [3.63, 3.8) is 0 Å². The molecule has 2 aliphatic carbocycles. The average Bonchev–Trinajstić information content (AvgIpc) is 2.46. The molecule has 0 amide bonds. The lowest BCUT2D eigenvalue weighted by molar-refractivity contribution is 0.279. The van der Waals surface area contributed by atoms with Gasteiger partial charge in [-0.05, 0) is 38.5 Å². The summed E-state index contributed by atoms with van der Waals surface area (Å²) in [6.07, 6.45) is 17.3. The van der Waals surface area contributed by atoms with Crippen molar-refractivity contribution >= 4 is 0 Å². The minimum Gasteiger partial charge on any atom is -0.313 e. The Bertz CT molecular complexity index is 224. The smallest absolute Gasteiger partial charge is 0.00794 e. The van der Waals surface area contributed by atoms with Gasteiger partial charge in [0, 0.05) is 25.2 Å². The molecule has 0 saturated heterocycles. The van der Waals surface area contributed by atoms with Gasteiger partial charge in [0.15, 0.2) is 0 Å². The van der Waals surface area contributed by atoms with Gasteiger partial charge in [-0.15, -0.1) is 0 Å². The molecule has 1 atom stereocenters. The number of nitrogens with one attached hydrogen (secondary N) is 2. The lowest BCUT2D eigenvalue weighted by Gasteiger charge is -2.29. The molecule has 2 rings (SSSR count). The number of rotatable bonds is 6. The fraction of sp³-hybridized carbons (Fsp3) is 1.00. The fourth-order valence-corrected chi connectivity index (χ4v) is 4.04. The van der Waals surface area contributed by atoms with Crippen molar-refractivity contribution in [2.75, 3.05) is 13.1 Å². The zero-order chi connectivity index (χ0) is 14.0. The van der Waals surface area contributed by atoms with Gasteiger partial charge in [0.2, 0.25) is 0 Å². The van der Waals surface area contributed by atoms with Gasteiger partial charge < -0.3 is 10.6 Å². The van der Waals surface area contributed by atoms with Crippen LogP contribution in [0.1, 0.15) is 84.0 Å². The maximum Gasteiger partial charge on any atom is 0.00794 e. The van der Waals surface area contributed by atoms with Crippen molar-refractivity contribution in [1.29, 1.82) is 0 Å². The maximum absolute atomic E-state index is 3.79. The first kappa shape index (κ1) is 16.3. The van der Waals surface area contributed by atoms with E-state index in [9.17, 15) is 0 Å². The van der Waals surface area contributed by atoms with Crippen LogP contribution in [-0.4, -0.2) is 25.2 Å². The lowest BCUT2D eigenvalue weighted by atomic mass is 9.84. The van der Waals surface area contributed by atoms with Crippen molar-refractivity contribution < 1.29 is 0 Å². The first-order valence-electron chi connectivity index (χ1n) is 9.33.